The van der Waals surface area contributed by atoms with Gasteiger partial charge in [-0.15, -0.1) is 0 Å². The molecule has 1 heterocycles. The van der Waals surface area contributed by atoms with Crippen molar-refractivity contribution >= 4 is 11.6 Å². The highest BCUT2D eigenvalue weighted by Gasteiger charge is 2.20. The molecule has 1 aliphatic heterocycles. The molecule has 1 aromatic carbocycles. The molecule has 0 bridgehead atoms. The van der Waals surface area contributed by atoms with Crippen molar-refractivity contribution in [3.63, 3.8) is 0 Å². The van der Waals surface area contributed by atoms with Gasteiger partial charge in [-0.3, -0.25) is 4.79 Å². The average molecular weight is 274 g/mol. The smallest absolute Gasteiger partial charge is 0.222 e. The quantitative estimate of drug-likeness (QED) is 0.637. The van der Waals surface area contributed by atoms with Gasteiger partial charge in [0.2, 0.25) is 5.91 Å². The molecule has 3 heteroatoms. The summed E-state index contributed by atoms with van der Waals surface area (Å²) in [5, 5.41) is 0. The molecule has 1 aliphatic rings. The van der Waals surface area contributed by atoms with Crippen molar-refractivity contribution in [2.24, 2.45) is 0 Å². The van der Waals surface area contributed by atoms with Crippen LogP contribution in [0.4, 0.5) is 5.69 Å². The van der Waals surface area contributed by atoms with Crippen LogP contribution in [0, 0.1) is 0 Å². The van der Waals surface area contributed by atoms with Crippen LogP contribution in [-0.2, 0) is 17.8 Å². The fourth-order valence-corrected chi connectivity index (χ4v) is 2.83. The van der Waals surface area contributed by atoms with Gasteiger partial charge >= 0.3 is 0 Å². The minimum absolute atomic E-state index is 0.301. The predicted octanol–water partition coefficient (Wildman–Crippen LogP) is 3.51. The van der Waals surface area contributed by atoms with Crippen LogP contribution in [0.1, 0.15) is 56.6 Å². The van der Waals surface area contributed by atoms with Crippen molar-refractivity contribution in [2.75, 3.05) is 12.3 Å². The van der Waals surface area contributed by atoms with Crippen molar-refractivity contribution in [1.82, 2.24) is 4.90 Å². The predicted molar refractivity (Wildman–Crippen MR) is 83.4 cm³/mol. The lowest BCUT2D eigenvalue weighted by molar-refractivity contribution is -0.132. The van der Waals surface area contributed by atoms with Gasteiger partial charge in [-0.2, -0.15) is 0 Å². The van der Waals surface area contributed by atoms with Crippen molar-refractivity contribution in [2.45, 2.75) is 58.4 Å². The number of benzene rings is 1. The molecular weight excluding hydrogens is 248 g/mol. The highest BCUT2D eigenvalue weighted by atomic mass is 16.2. The van der Waals surface area contributed by atoms with Crippen LogP contribution in [0.3, 0.4) is 0 Å². The SMILES string of the molecule is CCCCCCCC(=O)N1CCc2ccc(N)cc2C1. The van der Waals surface area contributed by atoms with Crippen LogP contribution in [0.15, 0.2) is 18.2 Å². The molecule has 0 saturated carbocycles. The molecule has 20 heavy (non-hydrogen) atoms. The molecule has 3 nitrogen and oxygen atoms in total. The fourth-order valence-electron chi connectivity index (χ4n) is 2.83. The van der Waals surface area contributed by atoms with Crippen LogP contribution in [0.5, 0.6) is 0 Å². The van der Waals surface area contributed by atoms with Gasteiger partial charge in [0, 0.05) is 25.2 Å². The molecule has 110 valence electrons. The van der Waals surface area contributed by atoms with Crippen LogP contribution < -0.4 is 5.73 Å². The van der Waals surface area contributed by atoms with Crippen LogP contribution in [0.25, 0.3) is 0 Å². The summed E-state index contributed by atoms with van der Waals surface area (Å²) in [7, 11) is 0. The highest BCUT2D eigenvalue weighted by molar-refractivity contribution is 5.76. The number of fused-ring (bicyclic) bond motifs is 1. The highest BCUT2D eigenvalue weighted by Crippen LogP contribution is 2.22. The van der Waals surface area contributed by atoms with Crippen LogP contribution in [-0.4, -0.2) is 17.4 Å². The molecule has 0 saturated heterocycles. The zero-order valence-electron chi connectivity index (χ0n) is 12.5. The lowest BCUT2D eigenvalue weighted by atomic mass is 9.98. The van der Waals surface area contributed by atoms with Crippen molar-refractivity contribution in [3.05, 3.63) is 29.3 Å². The summed E-state index contributed by atoms with van der Waals surface area (Å²) in [6.45, 7) is 3.79. The number of nitrogen functional groups attached to an aromatic ring is 1. The summed E-state index contributed by atoms with van der Waals surface area (Å²) in [4.78, 5) is 14.2. The molecule has 1 amide bonds. The lowest BCUT2D eigenvalue weighted by Gasteiger charge is -2.29. The Morgan fingerprint density at radius 1 is 1.20 bits per heavy atom. The third kappa shape index (κ3) is 3.99. The van der Waals surface area contributed by atoms with Crippen LogP contribution in [0.2, 0.25) is 0 Å². The Bertz CT molecular complexity index is 456. The maximum atomic E-state index is 12.2. The Labute approximate surface area is 122 Å². The molecule has 0 aliphatic carbocycles. The average Bonchev–Trinajstić information content (AvgIpc) is 2.46. The Kier molecular flexibility index (Phi) is 5.45. The van der Waals surface area contributed by atoms with Crippen LogP contribution >= 0.6 is 0 Å². The summed E-state index contributed by atoms with van der Waals surface area (Å²) >= 11 is 0. The Morgan fingerprint density at radius 3 is 2.80 bits per heavy atom. The molecule has 0 fully saturated rings. The number of hydrogen-bond donors (Lipinski definition) is 1. The first kappa shape index (κ1) is 14.9. The van der Waals surface area contributed by atoms with E-state index in [0.29, 0.717) is 12.3 Å². The second-order valence-corrected chi connectivity index (χ2v) is 5.76. The number of nitrogens with zero attached hydrogens (tertiary/aromatic N) is 1. The molecule has 2 N–H and O–H groups in total. The van der Waals surface area contributed by atoms with E-state index in [1.54, 1.807) is 0 Å². The first-order chi connectivity index (χ1) is 9.70. The maximum absolute atomic E-state index is 12.2. The zero-order chi connectivity index (χ0) is 14.4. The van der Waals surface area contributed by atoms with E-state index >= 15 is 0 Å². The topological polar surface area (TPSA) is 46.3 Å². The first-order valence-electron chi connectivity index (χ1n) is 7.85. The summed E-state index contributed by atoms with van der Waals surface area (Å²) in [6, 6.07) is 6.05. The Balaban J connectivity index is 1.81. The van der Waals surface area contributed by atoms with E-state index in [-0.39, 0.29) is 0 Å². The third-order valence-corrected chi connectivity index (χ3v) is 4.09. The monoisotopic (exact) mass is 274 g/mol. The van der Waals surface area contributed by atoms with Crippen molar-refractivity contribution in [1.29, 1.82) is 0 Å². The molecule has 0 aromatic heterocycles. The number of hydrogen-bond acceptors (Lipinski definition) is 2. The number of nitrogens with two attached hydrogens (primary N) is 1. The molecule has 0 radical (unpaired) electrons. The molecule has 2 rings (SSSR count). The normalized spacial score (nSPS) is 14.2. The number of carbonyl (C=O) groups excluding carboxylic acids is 1. The number of unbranched alkanes of at least 4 members (excludes halogenated alkanes) is 4. The lowest BCUT2D eigenvalue weighted by Crippen LogP contribution is -2.35. The maximum Gasteiger partial charge on any atom is 0.222 e. The van der Waals surface area contributed by atoms with Gasteiger partial charge in [-0.25, -0.2) is 0 Å². The summed E-state index contributed by atoms with van der Waals surface area (Å²) in [5.41, 5.74) is 9.17. The Morgan fingerprint density at radius 2 is 2.00 bits per heavy atom. The number of amides is 1. The molecule has 1 aromatic rings. The van der Waals surface area contributed by atoms with Gasteiger partial charge < -0.3 is 10.6 Å². The molecule has 0 unspecified atom stereocenters. The second kappa shape index (κ2) is 7.32. The van der Waals surface area contributed by atoms with E-state index in [9.17, 15) is 4.79 Å². The van der Waals surface area contributed by atoms with E-state index in [0.717, 1.165) is 31.6 Å². The minimum atomic E-state index is 0.301. The summed E-state index contributed by atoms with van der Waals surface area (Å²) in [6.07, 6.45) is 7.64. The molecule has 0 spiro atoms. The van der Waals surface area contributed by atoms with E-state index in [2.05, 4.69) is 13.0 Å². The second-order valence-electron chi connectivity index (χ2n) is 5.76. The molecular formula is C17H26N2O. The van der Waals surface area contributed by atoms with Crippen molar-refractivity contribution in [3.8, 4) is 0 Å². The first-order valence-corrected chi connectivity index (χ1v) is 7.85. The van der Waals surface area contributed by atoms with E-state index in [1.165, 1.54) is 36.8 Å². The van der Waals surface area contributed by atoms with Crippen molar-refractivity contribution < 1.29 is 4.79 Å². The summed E-state index contributed by atoms with van der Waals surface area (Å²) in [5.74, 6) is 0.301. The van der Waals surface area contributed by atoms with E-state index in [1.807, 2.05) is 17.0 Å². The third-order valence-electron chi connectivity index (χ3n) is 4.09. The minimum Gasteiger partial charge on any atom is -0.399 e. The van der Waals surface area contributed by atoms with Gasteiger partial charge in [0.05, 0.1) is 0 Å². The molecule has 0 atom stereocenters. The summed E-state index contributed by atoms with van der Waals surface area (Å²) < 4.78 is 0. The zero-order valence-corrected chi connectivity index (χ0v) is 12.5. The van der Waals surface area contributed by atoms with E-state index < -0.39 is 0 Å². The van der Waals surface area contributed by atoms with E-state index in [4.69, 9.17) is 5.73 Å². The largest absolute Gasteiger partial charge is 0.399 e. The standard InChI is InChI=1S/C17H26N2O/c1-2-3-4-5-6-7-17(20)19-11-10-14-8-9-16(18)12-15(14)13-19/h8-9,12H,2-7,10-11,13,18H2,1H3. The van der Waals surface area contributed by atoms with Gasteiger partial charge in [-0.05, 0) is 36.1 Å². The number of rotatable bonds is 6. The van der Waals surface area contributed by atoms with Gasteiger partial charge in [0.15, 0.2) is 0 Å². The number of anilines is 1. The van der Waals surface area contributed by atoms with Gasteiger partial charge in [0.1, 0.15) is 0 Å². The Hall–Kier alpha value is -1.51. The van der Waals surface area contributed by atoms with Gasteiger partial charge in [0.25, 0.3) is 0 Å². The number of carbonyl (C=O) groups is 1. The fraction of sp³-hybridized carbons (Fsp3) is 0.588. The van der Waals surface area contributed by atoms with Gasteiger partial charge in [-0.1, -0.05) is 38.7 Å².